The topological polar surface area (TPSA) is 41.1 Å². The van der Waals surface area contributed by atoms with Crippen LogP contribution in [0.5, 0.6) is 0 Å². The van der Waals surface area contributed by atoms with E-state index in [2.05, 4.69) is 34.2 Å². The van der Waals surface area contributed by atoms with Gasteiger partial charge in [-0.05, 0) is 33.4 Å². The summed E-state index contributed by atoms with van der Waals surface area (Å²) in [6.07, 6.45) is 9.30. The van der Waals surface area contributed by atoms with Gasteiger partial charge in [-0.3, -0.25) is 14.9 Å². The van der Waals surface area contributed by atoms with Crippen molar-refractivity contribution in [1.82, 2.24) is 20.2 Å². The quantitative estimate of drug-likeness (QED) is 0.859. The molecule has 2 unspecified atom stereocenters. The van der Waals surface area contributed by atoms with Crippen LogP contribution < -0.4 is 5.32 Å². The Morgan fingerprint density at radius 3 is 3.00 bits per heavy atom. The summed E-state index contributed by atoms with van der Waals surface area (Å²) in [6.45, 7) is 4.43. The molecule has 1 aromatic rings. The summed E-state index contributed by atoms with van der Waals surface area (Å²) in [6, 6.07) is 0.959. The Hall–Kier alpha value is -1.00. The molecule has 2 rings (SSSR count). The lowest BCUT2D eigenvalue weighted by Crippen LogP contribution is -2.43. The lowest BCUT2D eigenvalue weighted by molar-refractivity contribution is 0.211. The van der Waals surface area contributed by atoms with Crippen LogP contribution in [0.15, 0.2) is 18.6 Å². The average Bonchev–Trinajstić information content (AvgIpc) is 2.40. The smallest absolute Gasteiger partial charge is 0.0755 e. The van der Waals surface area contributed by atoms with E-state index in [9.17, 15) is 0 Å². The number of rotatable bonds is 4. The molecule has 17 heavy (non-hydrogen) atoms. The van der Waals surface area contributed by atoms with Crippen molar-refractivity contribution in [3.63, 3.8) is 0 Å². The van der Waals surface area contributed by atoms with Gasteiger partial charge in [0, 0.05) is 31.2 Å². The Morgan fingerprint density at radius 1 is 1.47 bits per heavy atom. The van der Waals surface area contributed by atoms with Crippen molar-refractivity contribution in [3.05, 3.63) is 24.3 Å². The Bertz CT molecular complexity index is 321. The molecular formula is C13H22N4. The van der Waals surface area contributed by atoms with Gasteiger partial charge in [0.05, 0.1) is 11.7 Å². The molecule has 0 saturated carbocycles. The van der Waals surface area contributed by atoms with Gasteiger partial charge in [-0.1, -0.05) is 6.42 Å². The Kier molecular flexibility index (Phi) is 4.45. The van der Waals surface area contributed by atoms with Gasteiger partial charge in [0.2, 0.25) is 0 Å². The molecular weight excluding hydrogens is 212 g/mol. The molecule has 0 aliphatic carbocycles. The summed E-state index contributed by atoms with van der Waals surface area (Å²) in [4.78, 5) is 10.9. The highest BCUT2D eigenvalue weighted by atomic mass is 15.2. The van der Waals surface area contributed by atoms with Crippen LogP contribution >= 0.6 is 0 Å². The number of nitrogens with zero attached hydrogens (tertiary/aromatic N) is 3. The van der Waals surface area contributed by atoms with Crippen LogP contribution in [0.3, 0.4) is 0 Å². The third-order valence-corrected chi connectivity index (χ3v) is 3.59. The molecule has 0 radical (unpaired) electrons. The number of hydrogen-bond donors (Lipinski definition) is 1. The van der Waals surface area contributed by atoms with Crippen LogP contribution in [0.25, 0.3) is 0 Å². The Labute approximate surface area is 103 Å². The van der Waals surface area contributed by atoms with Crippen LogP contribution in [0.2, 0.25) is 0 Å². The molecule has 1 aliphatic heterocycles. The van der Waals surface area contributed by atoms with Gasteiger partial charge < -0.3 is 5.32 Å². The van der Waals surface area contributed by atoms with Gasteiger partial charge in [0.15, 0.2) is 0 Å². The zero-order valence-corrected chi connectivity index (χ0v) is 10.8. The maximum atomic E-state index is 4.37. The van der Waals surface area contributed by atoms with Gasteiger partial charge in [-0.25, -0.2) is 0 Å². The zero-order valence-electron chi connectivity index (χ0n) is 10.8. The molecule has 2 heterocycles. The van der Waals surface area contributed by atoms with E-state index in [1.54, 1.807) is 12.4 Å². The van der Waals surface area contributed by atoms with Crippen molar-refractivity contribution < 1.29 is 0 Å². The number of piperidine rings is 1. The summed E-state index contributed by atoms with van der Waals surface area (Å²) in [7, 11) is 2.16. The second-order valence-corrected chi connectivity index (χ2v) is 4.89. The first kappa shape index (κ1) is 12.5. The molecule has 4 heteroatoms. The third-order valence-electron chi connectivity index (χ3n) is 3.59. The standard InChI is InChI=1S/C13H22N4/c1-11(13-9-14-7-8-16-13)17(2)10-12-5-3-4-6-15-12/h7-9,11-12,15H,3-6,10H2,1-2H3. The van der Waals surface area contributed by atoms with Gasteiger partial charge >= 0.3 is 0 Å². The maximum absolute atomic E-state index is 4.37. The molecule has 1 aliphatic rings. The zero-order chi connectivity index (χ0) is 12.1. The van der Waals surface area contributed by atoms with E-state index < -0.39 is 0 Å². The van der Waals surface area contributed by atoms with E-state index in [0.29, 0.717) is 12.1 Å². The van der Waals surface area contributed by atoms with E-state index >= 15 is 0 Å². The minimum absolute atomic E-state index is 0.326. The first-order valence-corrected chi connectivity index (χ1v) is 6.47. The van der Waals surface area contributed by atoms with Gasteiger partial charge in [0.25, 0.3) is 0 Å². The molecule has 1 aromatic heterocycles. The maximum Gasteiger partial charge on any atom is 0.0755 e. The summed E-state index contributed by atoms with van der Waals surface area (Å²) in [5.41, 5.74) is 1.05. The second kappa shape index (κ2) is 6.07. The van der Waals surface area contributed by atoms with Gasteiger partial charge in [-0.2, -0.15) is 0 Å². The van der Waals surface area contributed by atoms with Crippen molar-refractivity contribution in [3.8, 4) is 0 Å². The van der Waals surface area contributed by atoms with Crippen molar-refractivity contribution >= 4 is 0 Å². The highest BCUT2D eigenvalue weighted by molar-refractivity contribution is 5.01. The molecule has 1 saturated heterocycles. The first-order chi connectivity index (χ1) is 8.27. The summed E-state index contributed by atoms with van der Waals surface area (Å²) in [5, 5.41) is 3.58. The Morgan fingerprint density at radius 2 is 2.35 bits per heavy atom. The van der Waals surface area contributed by atoms with Crippen molar-refractivity contribution in [1.29, 1.82) is 0 Å². The molecule has 94 valence electrons. The molecule has 0 spiro atoms. The summed E-state index contributed by atoms with van der Waals surface area (Å²) >= 11 is 0. The van der Waals surface area contributed by atoms with Crippen molar-refractivity contribution in [2.75, 3.05) is 20.1 Å². The van der Waals surface area contributed by atoms with Crippen LogP contribution in [-0.2, 0) is 0 Å². The fraction of sp³-hybridized carbons (Fsp3) is 0.692. The number of nitrogens with one attached hydrogen (secondary N) is 1. The lowest BCUT2D eigenvalue weighted by atomic mass is 10.0. The number of aromatic nitrogens is 2. The Balaban J connectivity index is 1.88. The lowest BCUT2D eigenvalue weighted by Gasteiger charge is -2.31. The van der Waals surface area contributed by atoms with Crippen LogP contribution in [0, 0.1) is 0 Å². The normalized spacial score (nSPS) is 22.6. The minimum atomic E-state index is 0.326. The largest absolute Gasteiger partial charge is 0.313 e. The predicted molar refractivity (Wildman–Crippen MR) is 68.7 cm³/mol. The summed E-state index contributed by atoms with van der Waals surface area (Å²) < 4.78 is 0. The minimum Gasteiger partial charge on any atom is -0.313 e. The van der Waals surface area contributed by atoms with E-state index in [1.165, 1.54) is 19.3 Å². The van der Waals surface area contributed by atoms with Crippen LogP contribution in [0.4, 0.5) is 0 Å². The van der Waals surface area contributed by atoms with Gasteiger partial charge in [-0.15, -0.1) is 0 Å². The monoisotopic (exact) mass is 234 g/mol. The molecule has 0 bridgehead atoms. The SMILES string of the molecule is CC(c1cnccn1)N(C)CC1CCCCN1. The average molecular weight is 234 g/mol. The van der Waals surface area contributed by atoms with Gasteiger partial charge in [0.1, 0.15) is 0 Å². The van der Waals surface area contributed by atoms with E-state index in [-0.39, 0.29) is 0 Å². The van der Waals surface area contributed by atoms with Crippen LogP contribution in [0.1, 0.15) is 37.9 Å². The van der Waals surface area contributed by atoms with Crippen LogP contribution in [-0.4, -0.2) is 41.0 Å². The fourth-order valence-electron chi connectivity index (χ4n) is 2.34. The highest BCUT2D eigenvalue weighted by Crippen LogP contribution is 2.17. The third kappa shape index (κ3) is 3.48. The van der Waals surface area contributed by atoms with E-state index in [4.69, 9.17) is 0 Å². The van der Waals surface area contributed by atoms with E-state index in [1.807, 2.05) is 6.20 Å². The van der Waals surface area contributed by atoms with E-state index in [0.717, 1.165) is 18.8 Å². The highest BCUT2D eigenvalue weighted by Gasteiger charge is 2.19. The van der Waals surface area contributed by atoms with Crippen molar-refractivity contribution in [2.45, 2.75) is 38.3 Å². The fourth-order valence-corrected chi connectivity index (χ4v) is 2.34. The number of likely N-dealkylation sites (N-methyl/N-ethyl adjacent to an activating group) is 1. The predicted octanol–water partition coefficient (Wildman–Crippen LogP) is 1.61. The molecule has 1 N–H and O–H groups in total. The molecule has 2 atom stereocenters. The van der Waals surface area contributed by atoms with Crippen molar-refractivity contribution in [2.24, 2.45) is 0 Å². The molecule has 1 fully saturated rings. The number of hydrogen-bond acceptors (Lipinski definition) is 4. The molecule has 0 aromatic carbocycles. The second-order valence-electron chi connectivity index (χ2n) is 4.89. The first-order valence-electron chi connectivity index (χ1n) is 6.47. The molecule has 0 amide bonds. The summed E-state index contributed by atoms with van der Waals surface area (Å²) in [5.74, 6) is 0. The molecule has 4 nitrogen and oxygen atoms in total.